The number of rotatable bonds is 0. The number of hydrogen-bond acceptors (Lipinski definition) is 3. The second kappa shape index (κ2) is 4.83. The fourth-order valence-corrected chi connectivity index (χ4v) is 8.90. The van der Waals surface area contributed by atoms with Gasteiger partial charge in [-0.05, 0) is 99.2 Å². The van der Waals surface area contributed by atoms with Gasteiger partial charge in [0, 0.05) is 6.42 Å². The highest BCUT2D eigenvalue weighted by Gasteiger charge is 2.60. The van der Waals surface area contributed by atoms with Crippen LogP contribution in [0.5, 0.6) is 0 Å². The van der Waals surface area contributed by atoms with Gasteiger partial charge in [0.2, 0.25) is 0 Å². The van der Waals surface area contributed by atoms with Gasteiger partial charge in [-0.3, -0.25) is 0 Å². The summed E-state index contributed by atoms with van der Waals surface area (Å²) in [5, 5.41) is 30.6. The van der Waals surface area contributed by atoms with Crippen molar-refractivity contribution in [1.82, 2.24) is 0 Å². The summed E-state index contributed by atoms with van der Waals surface area (Å²) < 4.78 is 0. The molecule has 4 unspecified atom stereocenters. The van der Waals surface area contributed by atoms with Gasteiger partial charge in [0.05, 0.1) is 16.8 Å². The van der Waals surface area contributed by atoms with E-state index in [4.69, 9.17) is 0 Å². The molecule has 0 aromatic rings. The summed E-state index contributed by atoms with van der Waals surface area (Å²) in [6.07, 6.45) is 12.4. The minimum Gasteiger partial charge on any atom is -0.390 e. The summed E-state index contributed by atoms with van der Waals surface area (Å²) in [7, 11) is 0. The van der Waals surface area contributed by atoms with Crippen LogP contribution in [0.1, 0.15) is 90.9 Å². The maximum absolute atomic E-state index is 10.4. The van der Waals surface area contributed by atoms with Gasteiger partial charge in [-0.15, -0.1) is 0 Å². The minimum atomic E-state index is -0.524. The van der Waals surface area contributed by atoms with Crippen LogP contribution in [0, 0.1) is 28.6 Å². The van der Waals surface area contributed by atoms with E-state index in [9.17, 15) is 15.3 Å². The topological polar surface area (TPSA) is 60.7 Å². The summed E-state index contributed by atoms with van der Waals surface area (Å²) in [6.45, 7) is 4.74. The molecule has 0 aromatic carbocycles. The number of hydrogen-bond donors (Lipinski definition) is 3. The molecule has 8 aliphatic rings. The molecule has 0 aromatic heterocycles. The largest absolute Gasteiger partial charge is 0.390 e. The van der Waals surface area contributed by atoms with E-state index in [1.807, 2.05) is 0 Å². The van der Waals surface area contributed by atoms with E-state index in [-0.39, 0.29) is 5.60 Å². The van der Waals surface area contributed by atoms with Crippen LogP contribution in [0.4, 0.5) is 0 Å². The van der Waals surface area contributed by atoms with E-state index >= 15 is 0 Å². The zero-order chi connectivity index (χ0) is 17.7. The monoisotopic (exact) mass is 346 g/mol. The Morgan fingerprint density at radius 2 is 1.16 bits per heavy atom. The van der Waals surface area contributed by atoms with Crippen molar-refractivity contribution in [3.8, 4) is 0 Å². The molecule has 8 fully saturated rings. The molecule has 0 spiro atoms. The Morgan fingerprint density at radius 1 is 0.640 bits per heavy atom. The highest BCUT2D eigenvalue weighted by Crippen LogP contribution is 2.67. The Balaban J connectivity index is 0.000000112. The summed E-state index contributed by atoms with van der Waals surface area (Å²) in [5.41, 5.74) is -0.484. The number of aliphatic hydroxyl groups is 3. The van der Waals surface area contributed by atoms with Crippen molar-refractivity contribution < 1.29 is 15.3 Å². The zero-order valence-corrected chi connectivity index (χ0v) is 15.9. The first-order valence-corrected chi connectivity index (χ1v) is 10.3. The lowest BCUT2D eigenvalue weighted by Gasteiger charge is -2.63. The lowest BCUT2D eigenvalue weighted by molar-refractivity contribution is -0.165. The van der Waals surface area contributed by atoms with Crippen LogP contribution < -0.4 is 0 Å². The van der Waals surface area contributed by atoms with Gasteiger partial charge in [0.15, 0.2) is 0 Å². The van der Waals surface area contributed by atoms with Gasteiger partial charge in [0.25, 0.3) is 0 Å². The van der Waals surface area contributed by atoms with E-state index in [0.717, 1.165) is 44.9 Å². The highest BCUT2D eigenvalue weighted by atomic mass is 16.3. The Kier molecular flexibility index (Phi) is 3.29. The SMILES string of the molecule is CC12C[C]3CC(C)(C1)CC(O)(C3)C2.OC12C[C]3CC(C1)CC(O)(C3)C2. The van der Waals surface area contributed by atoms with E-state index in [1.54, 1.807) is 5.92 Å². The molecule has 8 saturated carbocycles. The Hall–Kier alpha value is -0.120. The van der Waals surface area contributed by atoms with Crippen molar-refractivity contribution in [3.63, 3.8) is 0 Å². The quantitative estimate of drug-likeness (QED) is 0.627. The second-order valence-electron chi connectivity index (χ2n) is 11.9. The smallest absolute Gasteiger partial charge is 0.0683 e. The highest BCUT2D eigenvalue weighted by molar-refractivity contribution is 5.21. The van der Waals surface area contributed by atoms with Crippen molar-refractivity contribution in [2.45, 2.75) is 108 Å². The predicted molar refractivity (Wildman–Crippen MR) is 96.4 cm³/mol. The molecule has 140 valence electrons. The van der Waals surface area contributed by atoms with E-state index in [0.29, 0.717) is 23.2 Å². The van der Waals surface area contributed by atoms with Crippen LogP contribution in [0.3, 0.4) is 0 Å². The first-order chi connectivity index (χ1) is 11.5. The molecule has 3 heteroatoms. The summed E-state index contributed by atoms with van der Waals surface area (Å²) in [5.74, 6) is 3.64. The molecular formula is C22H34O3. The van der Waals surface area contributed by atoms with E-state index in [2.05, 4.69) is 13.8 Å². The molecule has 8 rings (SSSR count). The van der Waals surface area contributed by atoms with Crippen LogP contribution in [-0.4, -0.2) is 32.1 Å². The standard InChI is InChI=1S/C12H19O.C10H15O2/c1-10-3-9-4-11(2,6-10)8-12(13,5-9)7-10;11-9-2-7-1-8(4-9)5-10(12,3-7)6-9/h13H,3-8H2,1-2H3;7,11-12H,1-6H2. The molecule has 0 heterocycles. The molecule has 0 saturated heterocycles. The average Bonchev–Trinajstić information content (AvgIpc) is 2.27. The van der Waals surface area contributed by atoms with Gasteiger partial charge < -0.3 is 15.3 Å². The first kappa shape index (κ1) is 17.0. The molecule has 8 aliphatic carbocycles. The molecule has 3 nitrogen and oxygen atoms in total. The third-order valence-corrected chi connectivity index (χ3v) is 8.03. The Labute approximate surface area is 152 Å². The van der Waals surface area contributed by atoms with Gasteiger partial charge >= 0.3 is 0 Å². The van der Waals surface area contributed by atoms with E-state index < -0.39 is 11.2 Å². The van der Waals surface area contributed by atoms with Crippen molar-refractivity contribution in [3.05, 3.63) is 11.8 Å². The van der Waals surface area contributed by atoms with Gasteiger partial charge in [-0.1, -0.05) is 13.8 Å². The average molecular weight is 347 g/mol. The van der Waals surface area contributed by atoms with Crippen molar-refractivity contribution in [2.24, 2.45) is 16.7 Å². The minimum absolute atomic E-state index is 0.312. The Morgan fingerprint density at radius 3 is 1.56 bits per heavy atom. The summed E-state index contributed by atoms with van der Waals surface area (Å²) in [6, 6.07) is 0. The molecule has 25 heavy (non-hydrogen) atoms. The van der Waals surface area contributed by atoms with Gasteiger partial charge in [0.1, 0.15) is 0 Å². The molecule has 8 bridgehead atoms. The van der Waals surface area contributed by atoms with Crippen LogP contribution in [0.25, 0.3) is 0 Å². The molecular weight excluding hydrogens is 312 g/mol. The van der Waals surface area contributed by atoms with Gasteiger partial charge in [-0.2, -0.15) is 0 Å². The maximum Gasteiger partial charge on any atom is 0.0683 e. The Bertz CT molecular complexity index is 499. The summed E-state index contributed by atoms with van der Waals surface area (Å²) in [4.78, 5) is 0. The van der Waals surface area contributed by atoms with Crippen molar-refractivity contribution >= 4 is 0 Å². The predicted octanol–water partition coefficient (Wildman–Crippen LogP) is 3.71. The molecule has 0 amide bonds. The summed E-state index contributed by atoms with van der Waals surface area (Å²) >= 11 is 0. The third kappa shape index (κ3) is 2.89. The third-order valence-electron chi connectivity index (χ3n) is 8.03. The zero-order valence-electron chi connectivity index (χ0n) is 15.9. The molecule has 3 N–H and O–H groups in total. The van der Waals surface area contributed by atoms with Crippen LogP contribution in [0.15, 0.2) is 0 Å². The fourth-order valence-electron chi connectivity index (χ4n) is 8.90. The van der Waals surface area contributed by atoms with Crippen molar-refractivity contribution in [1.29, 1.82) is 0 Å². The molecule has 4 atom stereocenters. The lowest BCUT2D eigenvalue weighted by atomic mass is 9.44. The second-order valence-corrected chi connectivity index (χ2v) is 11.9. The van der Waals surface area contributed by atoms with E-state index in [1.165, 1.54) is 31.6 Å². The molecule has 2 radical (unpaired) electrons. The van der Waals surface area contributed by atoms with Crippen LogP contribution in [0.2, 0.25) is 0 Å². The normalized spacial score (nSPS) is 59.2. The first-order valence-electron chi connectivity index (χ1n) is 10.3. The molecule has 0 aliphatic heterocycles. The van der Waals surface area contributed by atoms with Crippen LogP contribution in [-0.2, 0) is 0 Å². The van der Waals surface area contributed by atoms with Gasteiger partial charge in [-0.25, -0.2) is 0 Å². The van der Waals surface area contributed by atoms with Crippen molar-refractivity contribution in [2.75, 3.05) is 0 Å². The lowest BCUT2D eigenvalue weighted by Crippen LogP contribution is -2.58. The fraction of sp³-hybridized carbons (Fsp3) is 0.909. The van der Waals surface area contributed by atoms with Crippen LogP contribution >= 0.6 is 0 Å². The maximum atomic E-state index is 10.4.